The van der Waals surface area contributed by atoms with Gasteiger partial charge in [0.1, 0.15) is 5.75 Å². The fraction of sp³-hybridized carbons (Fsp3) is 0.136. The van der Waals surface area contributed by atoms with Crippen molar-refractivity contribution in [1.29, 1.82) is 0 Å². The highest BCUT2D eigenvalue weighted by Crippen LogP contribution is 2.25. The Bertz CT molecular complexity index is 1020. The number of carbonyl (C=O) groups is 2. The highest BCUT2D eigenvalue weighted by atomic mass is 16.5. The summed E-state index contributed by atoms with van der Waals surface area (Å²) in [6, 6.07) is 15.5. The van der Waals surface area contributed by atoms with E-state index in [1.807, 2.05) is 0 Å². The van der Waals surface area contributed by atoms with Gasteiger partial charge < -0.3 is 20.5 Å². The first-order chi connectivity index (χ1) is 14.5. The molecule has 0 spiro atoms. The first kappa shape index (κ1) is 20.7. The summed E-state index contributed by atoms with van der Waals surface area (Å²) in [5.41, 5.74) is 8.71. The van der Waals surface area contributed by atoms with Crippen LogP contribution < -0.4 is 20.7 Å². The van der Waals surface area contributed by atoms with Crippen molar-refractivity contribution in [1.82, 2.24) is 4.98 Å². The van der Waals surface area contributed by atoms with Crippen LogP contribution in [0.4, 0.5) is 21.9 Å². The lowest BCUT2D eigenvalue weighted by Gasteiger charge is -2.21. The van der Waals surface area contributed by atoms with Crippen LogP contribution in [-0.4, -0.2) is 31.2 Å². The second-order valence-electron chi connectivity index (χ2n) is 6.37. The Morgan fingerprint density at radius 3 is 2.50 bits per heavy atom. The Balaban J connectivity index is 1.74. The molecule has 0 bridgehead atoms. The van der Waals surface area contributed by atoms with Crippen LogP contribution in [0.1, 0.15) is 15.9 Å². The molecule has 0 fully saturated rings. The lowest BCUT2D eigenvalue weighted by molar-refractivity contribution is 0.102. The Kier molecular flexibility index (Phi) is 6.49. The van der Waals surface area contributed by atoms with E-state index in [0.717, 1.165) is 5.56 Å². The Hall–Kier alpha value is -4.07. The number of nitrogens with one attached hydrogen (secondary N) is 1. The van der Waals surface area contributed by atoms with Gasteiger partial charge in [-0.1, -0.05) is 12.1 Å². The van der Waals surface area contributed by atoms with Crippen molar-refractivity contribution in [3.8, 4) is 5.75 Å². The highest BCUT2D eigenvalue weighted by Gasteiger charge is 2.17. The van der Waals surface area contributed by atoms with Crippen molar-refractivity contribution in [3.05, 3.63) is 78.1 Å². The number of hydrogen-bond acceptors (Lipinski definition) is 6. The minimum Gasteiger partial charge on any atom is -0.497 e. The van der Waals surface area contributed by atoms with E-state index < -0.39 is 6.09 Å². The van der Waals surface area contributed by atoms with Crippen LogP contribution in [0.25, 0.3) is 0 Å². The van der Waals surface area contributed by atoms with Gasteiger partial charge in [-0.15, -0.1) is 0 Å². The summed E-state index contributed by atoms with van der Waals surface area (Å²) in [5.74, 6) is 0.284. The zero-order valence-electron chi connectivity index (χ0n) is 16.7. The van der Waals surface area contributed by atoms with Crippen LogP contribution >= 0.6 is 0 Å². The van der Waals surface area contributed by atoms with E-state index in [2.05, 4.69) is 10.3 Å². The van der Waals surface area contributed by atoms with E-state index in [1.54, 1.807) is 74.1 Å². The number of nitrogen functional groups attached to an aromatic ring is 1. The zero-order valence-corrected chi connectivity index (χ0v) is 16.7. The van der Waals surface area contributed by atoms with Crippen molar-refractivity contribution in [2.75, 3.05) is 30.2 Å². The number of methoxy groups -OCH3 is 2. The monoisotopic (exact) mass is 406 g/mol. The predicted octanol–water partition coefficient (Wildman–Crippen LogP) is 3.70. The van der Waals surface area contributed by atoms with Crippen molar-refractivity contribution < 1.29 is 19.1 Å². The number of anilines is 3. The van der Waals surface area contributed by atoms with Gasteiger partial charge in [0.2, 0.25) is 0 Å². The molecule has 154 valence electrons. The van der Waals surface area contributed by atoms with Crippen LogP contribution in [0.2, 0.25) is 0 Å². The summed E-state index contributed by atoms with van der Waals surface area (Å²) in [5, 5.41) is 2.78. The molecule has 8 nitrogen and oxygen atoms in total. The standard InChI is InChI=1S/C22H22N4O4/c1-29-18-9-10-19(23)20(12-18)25-21(27)16-7-5-15(6-8-16)14-26(22(28)30-2)17-4-3-11-24-13-17/h3-13H,14,23H2,1-2H3,(H,25,27). The number of rotatable bonds is 6. The van der Waals surface area contributed by atoms with E-state index in [-0.39, 0.29) is 12.5 Å². The average Bonchev–Trinajstić information content (AvgIpc) is 2.79. The van der Waals surface area contributed by atoms with Crippen molar-refractivity contribution in [2.45, 2.75) is 6.54 Å². The van der Waals surface area contributed by atoms with Gasteiger partial charge in [-0.05, 0) is 42.0 Å². The van der Waals surface area contributed by atoms with E-state index in [9.17, 15) is 9.59 Å². The fourth-order valence-corrected chi connectivity index (χ4v) is 2.79. The average molecular weight is 406 g/mol. The first-order valence-corrected chi connectivity index (χ1v) is 9.11. The number of ether oxygens (including phenoxy) is 2. The smallest absolute Gasteiger partial charge is 0.414 e. The summed E-state index contributed by atoms with van der Waals surface area (Å²) in [6.45, 7) is 0.267. The molecule has 0 atom stereocenters. The molecule has 0 unspecified atom stereocenters. The molecule has 1 heterocycles. The van der Waals surface area contributed by atoms with Gasteiger partial charge in [0, 0.05) is 17.8 Å². The molecule has 30 heavy (non-hydrogen) atoms. The molecular formula is C22H22N4O4. The third-order valence-electron chi connectivity index (χ3n) is 4.42. The van der Waals surface area contributed by atoms with Gasteiger partial charge in [-0.25, -0.2) is 4.79 Å². The van der Waals surface area contributed by atoms with Crippen LogP contribution in [0.15, 0.2) is 67.0 Å². The fourth-order valence-electron chi connectivity index (χ4n) is 2.79. The van der Waals surface area contributed by atoms with Gasteiger partial charge in [-0.2, -0.15) is 0 Å². The molecule has 0 radical (unpaired) electrons. The predicted molar refractivity (Wildman–Crippen MR) is 115 cm³/mol. The van der Waals surface area contributed by atoms with E-state index in [0.29, 0.717) is 28.4 Å². The number of benzene rings is 2. The highest BCUT2D eigenvalue weighted by molar-refractivity contribution is 6.05. The molecule has 2 amide bonds. The van der Waals surface area contributed by atoms with Crippen LogP contribution in [0.3, 0.4) is 0 Å². The molecule has 0 saturated carbocycles. The summed E-state index contributed by atoms with van der Waals surface area (Å²) in [4.78, 5) is 30.2. The summed E-state index contributed by atoms with van der Waals surface area (Å²) in [7, 11) is 2.86. The Labute approximate surface area is 174 Å². The molecule has 2 aromatic carbocycles. The minimum atomic E-state index is -0.502. The number of carbonyl (C=O) groups excluding carboxylic acids is 2. The number of nitrogens with zero attached hydrogens (tertiary/aromatic N) is 2. The normalized spacial score (nSPS) is 10.2. The van der Waals surface area contributed by atoms with E-state index in [1.165, 1.54) is 12.0 Å². The van der Waals surface area contributed by atoms with Crippen molar-refractivity contribution >= 4 is 29.1 Å². The van der Waals surface area contributed by atoms with Crippen LogP contribution in [0.5, 0.6) is 5.75 Å². The lowest BCUT2D eigenvalue weighted by Crippen LogP contribution is -2.30. The zero-order chi connectivity index (χ0) is 21.5. The van der Waals surface area contributed by atoms with Gasteiger partial charge in [0.15, 0.2) is 0 Å². The largest absolute Gasteiger partial charge is 0.497 e. The number of aromatic nitrogens is 1. The number of amides is 2. The molecule has 0 aliphatic rings. The molecule has 3 rings (SSSR count). The Morgan fingerprint density at radius 1 is 1.10 bits per heavy atom. The number of pyridine rings is 1. The molecule has 3 N–H and O–H groups in total. The quantitative estimate of drug-likeness (QED) is 0.605. The maximum Gasteiger partial charge on any atom is 0.414 e. The van der Waals surface area contributed by atoms with E-state index >= 15 is 0 Å². The first-order valence-electron chi connectivity index (χ1n) is 9.11. The maximum absolute atomic E-state index is 12.6. The molecule has 1 aromatic heterocycles. The third kappa shape index (κ3) is 4.85. The third-order valence-corrected chi connectivity index (χ3v) is 4.42. The maximum atomic E-state index is 12.6. The second kappa shape index (κ2) is 9.42. The van der Waals surface area contributed by atoms with Crippen LogP contribution in [0, 0.1) is 0 Å². The van der Waals surface area contributed by atoms with Crippen molar-refractivity contribution in [2.24, 2.45) is 0 Å². The number of hydrogen-bond donors (Lipinski definition) is 2. The Morgan fingerprint density at radius 2 is 1.87 bits per heavy atom. The molecule has 0 aliphatic heterocycles. The van der Waals surface area contributed by atoms with Crippen molar-refractivity contribution in [3.63, 3.8) is 0 Å². The molecule has 0 saturated heterocycles. The SMILES string of the molecule is COC(=O)N(Cc1ccc(C(=O)Nc2cc(OC)ccc2N)cc1)c1cccnc1. The molecular weight excluding hydrogens is 384 g/mol. The minimum absolute atomic E-state index is 0.267. The summed E-state index contributed by atoms with van der Waals surface area (Å²) >= 11 is 0. The lowest BCUT2D eigenvalue weighted by atomic mass is 10.1. The van der Waals surface area contributed by atoms with Gasteiger partial charge >= 0.3 is 6.09 Å². The molecule has 8 heteroatoms. The number of nitrogens with two attached hydrogens (primary N) is 1. The van der Waals surface area contributed by atoms with Gasteiger partial charge in [0.25, 0.3) is 5.91 Å². The summed E-state index contributed by atoms with van der Waals surface area (Å²) < 4.78 is 10.0. The van der Waals surface area contributed by atoms with E-state index in [4.69, 9.17) is 15.2 Å². The molecule has 0 aliphatic carbocycles. The van der Waals surface area contributed by atoms with Gasteiger partial charge in [-0.3, -0.25) is 14.7 Å². The second-order valence-corrected chi connectivity index (χ2v) is 6.37. The summed E-state index contributed by atoms with van der Waals surface area (Å²) in [6.07, 6.45) is 2.71. The van der Waals surface area contributed by atoms with Crippen LogP contribution in [-0.2, 0) is 11.3 Å². The molecule has 3 aromatic rings. The topological polar surface area (TPSA) is 107 Å². The van der Waals surface area contributed by atoms with Gasteiger partial charge in [0.05, 0.1) is 44.0 Å².